The highest BCUT2D eigenvalue weighted by Crippen LogP contribution is 2.53. The molecule has 2 aliphatic carbocycles. The van der Waals surface area contributed by atoms with Crippen LogP contribution in [0.3, 0.4) is 0 Å². The van der Waals surface area contributed by atoms with E-state index >= 15 is 0 Å². The van der Waals surface area contributed by atoms with Gasteiger partial charge in [-0.15, -0.1) is 0 Å². The van der Waals surface area contributed by atoms with Crippen LogP contribution in [0.4, 0.5) is 0 Å². The summed E-state index contributed by atoms with van der Waals surface area (Å²) in [6.45, 7) is 7.82. The number of allylic oxidation sites excluding steroid dienone is 2. The number of hydrogen-bond acceptors (Lipinski definition) is 5. The van der Waals surface area contributed by atoms with E-state index in [0.717, 1.165) is 11.1 Å². The molecule has 5 heteroatoms. The first-order chi connectivity index (χ1) is 10.4. The van der Waals surface area contributed by atoms with Gasteiger partial charge in [-0.25, -0.2) is 0 Å². The molecule has 0 heterocycles. The fourth-order valence-electron chi connectivity index (χ4n) is 3.73. The van der Waals surface area contributed by atoms with E-state index in [2.05, 4.69) is 0 Å². The zero-order valence-corrected chi connectivity index (χ0v) is 13.7. The summed E-state index contributed by atoms with van der Waals surface area (Å²) in [7, 11) is 0. The molecule has 122 valence electrons. The predicted molar refractivity (Wildman–Crippen MR) is 79.9 cm³/mol. The zero-order valence-electron chi connectivity index (χ0n) is 13.7. The van der Waals surface area contributed by atoms with Crippen LogP contribution >= 0.6 is 0 Å². The molecule has 2 rings (SSSR count). The Morgan fingerprint density at radius 3 is 2.18 bits per heavy atom. The number of rotatable bonds is 5. The summed E-state index contributed by atoms with van der Waals surface area (Å²) in [6, 6.07) is 0. The first-order valence-electron chi connectivity index (χ1n) is 7.97. The van der Waals surface area contributed by atoms with Gasteiger partial charge in [0.05, 0.1) is 13.2 Å². The van der Waals surface area contributed by atoms with Gasteiger partial charge in [0.1, 0.15) is 0 Å². The molecule has 0 aromatic carbocycles. The SMILES string of the molecule is CCOC(=O)C1(C(=O)OCC)CC2=C(C(C)C)C(=O)CC2C1. The lowest BCUT2D eigenvalue weighted by Crippen LogP contribution is -2.40. The Morgan fingerprint density at radius 1 is 1.18 bits per heavy atom. The normalized spacial score (nSPS) is 23.0. The highest BCUT2D eigenvalue weighted by molar-refractivity contribution is 6.04. The highest BCUT2D eigenvalue weighted by atomic mass is 16.6. The maximum absolute atomic E-state index is 12.4. The van der Waals surface area contributed by atoms with Gasteiger partial charge in [-0.1, -0.05) is 19.4 Å². The summed E-state index contributed by atoms with van der Waals surface area (Å²) in [6.07, 6.45) is 0.972. The molecule has 1 saturated carbocycles. The molecule has 1 atom stereocenters. The highest BCUT2D eigenvalue weighted by Gasteiger charge is 2.58. The van der Waals surface area contributed by atoms with Gasteiger partial charge in [-0.2, -0.15) is 0 Å². The molecule has 0 aromatic heterocycles. The molecule has 1 fully saturated rings. The van der Waals surface area contributed by atoms with Crippen molar-refractivity contribution in [3.63, 3.8) is 0 Å². The molecule has 0 saturated heterocycles. The molecule has 2 aliphatic rings. The Kier molecular flexibility index (Phi) is 4.73. The number of ether oxygens (including phenoxy) is 2. The van der Waals surface area contributed by atoms with Crippen molar-refractivity contribution in [2.24, 2.45) is 17.3 Å². The Labute approximate surface area is 131 Å². The van der Waals surface area contributed by atoms with Gasteiger partial charge in [0.2, 0.25) is 0 Å². The number of Topliss-reactive ketones (excluding diaryl/α,β-unsaturated/α-hetero) is 1. The maximum Gasteiger partial charge on any atom is 0.323 e. The van der Waals surface area contributed by atoms with Crippen LogP contribution < -0.4 is 0 Å². The average Bonchev–Trinajstić information content (AvgIpc) is 2.92. The number of hydrogen-bond donors (Lipinski definition) is 0. The Morgan fingerprint density at radius 2 is 1.73 bits per heavy atom. The van der Waals surface area contributed by atoms with E-state index in [1.165, 1.54) is 0 Å². The lowest BCUT2D eigenvalue weighted by atomic mass is 9.83. The second-order valence-electron chi connectivity index (χ2n) is 6.32. The quantitative estimate of drug-likeness (QED) is 0.576. The standard InChI is InChI=1S/C17H24O5/c1-5-21-15(19)17(16(20)22-6-2)8-11-7-13(18)14(10(3)4)12(11)9-17/h10-11H,5-9H2,1-4H3. The molecule has 5 nitrogen and oxygen atoms in total. The summed E-state index contributed by atoms with van der Waals surface area (Å²) in [4.78, 5) is 37.0. The minimum atomic E-state index is -1.27. The van der Waals surface area contributed by atoms with E-state index in [-0.39, 0.29) is 37.3 Å². The van der Waals surface area contributed by atoms with E-state index < -0.39 is 17.4 Å². The average molecular weight is 308 g/mol. The van der Waals surface area contributed by atoms with Crippen molar-refractivity contribution >= 4 is 17.7 Å². The van der Waals surface area contributed by atoms with Crippen molar-refractivity contribution in [2.75, 3.05) is 13.2 Å². The van der Waals surface area contributed by atoms with Crippen LogP contribution in [-0.4, -0.2) is 30.9 Å². The Hall–Kier alpha value is -1.65. The molecule has 0 bridgehead atoms. The van der Waals surface area contributed by atoms with Gasteiger partial charge in [-0.05, 0) is 44.1 Å². The lowest BCUT2D eigenvalue weighted by Gasteiger charge is -2.24. The minimum Gasteiger partial charge on any atom is -0.465 e. The Balaban J connectivity index is 2.41. The molecule has 0 N–H and O–H groups in total. The van der Waals surface area contributed by atoms with Crippen molar-refractivity contribution in [1.29, 1.82) is 0 Å². The van der Waals surface area contributed by atoms with E-state index in [4.69, 9.17) is 9.47 Å². The maximum atomic E-state index is 12.4. The summed E-state index contributed by atoms with van der Waals surface area (Å²) in [5.74, 6) is -0.820. The number of fused-ring (bicyclic) bond motifs is 1. The molecule has 0 amide bonds. The van der Waals surface area contributed by atoms with Gasteiger partial charge in [0, 0.05) is 6.42 Å². The molecule has 0 aromatic rings. The summed E-state index contributed by atoms with van der Waals surface area (Å²) < 4.78 is 10.3. The second-order valence-corrected chi connectivity index (χ2v) is 6.32. The molecule has 0 spiro atoms. The predicted octanol–water partition coefficient (Wildman–Crippen LogP) is 2.43. The van der Waals surface area contributed by atoms with Gasteiger partial charge in [0.25, 0.3) is 0 Å². The van der Waals surface area contributed by atoms with E-state index in [0.29, 0.717) is 12.8 Å². The van der Waals surface area contributed by atoms with Crippen molar-refractivity contribution in [3.05, 3.63) is 11.1 Å². The second kappa shape index (κ2) is 6.23. The zero-order chi connectivity index (χ0) is 16.5. The number of carbonyl (C=O) groups excluding carboxylic acids is 3. The fraction of sp³-hybridized carbons (Fsp3) is 0.706. The minimum absolute atomic E-state index is 0.0290. The van der Waals surface area contributed by atoms with Crippen LogP contribution in [0.2, 0.25) is 0 Å². The van der Waals surface area contributed by atoms with Crippen LogP contribution in [0, 0.1) is 17.3 Å². The smallest absolute Gasteiger partial charge is 0.323 e. The van der Waals surface area contributed by atoms with Gasteiger partial charge < -0.3 is 9.47 Å². The largest absolute Gasteiger partial charge is 0.465 e. The third kappa shape index (κ3) is 2.57. The molecule has 22 heavy (non-hydrogen) atoms. The monoisotopic (exact) mass is 308 g/mol. The molecular formula is C17H24O5. The van der Waals surface area contributed by atoms with Crippen molar-refractivity contribution in [2.45, 2.75) is 47.0 Å². The van der Waals surface area contributed by atoms with E-state index in [1.54, 1.807) is 13.8 Å². The summed E-state index contributed by atoms with van der Waals surface area (Å²) in [5.41, 5.74) is 0.480. The van der Waals surface area contributed by atoms with Gasteiger partial charge in [0.15, 0.2) is 11.2 Å². The third-order valence-corrected chi connectivity index (χ3v) is 4.57. The Bertz CT molecular complexity index is 511. The van der Waals surface area contributed by atoms with Crippen LogP contribution in [0.1, 0.15) is 47.0 Å². The lowest BCUT2D eigenvalue weighted by molar-refractivity contribution is -0.171. The molecule has 0 radical (unpaired) electrons. The molecule has 1 unspecified atom stereocenters. The van der Waals surface area contributed by atoms with Crippen LogP contribution in [0.5, 0.6) is 0 Å². The molecule has 0 aliphatic heterocycles. The number of carbonyl (C=O) groups is 3. The third-order valence-electron chi connectivity index (χ3n) is 4.57. The van der Waals surface area contributed by atoms with Crippen molar-refractivity contribution in [1.82, 2.24) is 0 Å². The van der Waals surface area contributed by atoms with Crippen LogP contribution in [0.25, 0.3) is 0 Å². The first-order valence-corrected chi connectivity index (χ1v) is 7.97. The van der Waals surface area contributed by atoms with E-state index in [9.17, 15) is 14.4 Å². The van der Waals surface area contributed by atoms with Gasteiger partial charge >= 0.3 is 11.9 Å². The van der Waals surface area contributed by atoms with Crippen LogP contribution in [0.15, 0.2) is 11.1 Å². The summed E-state index contributed by atoms with van der Waals surface area (Å²) in [5, 5.41) is 0. The molecular weight excluding hydrogens is 284 g/mol. The summed E-state index contributed by atoms with van der Waals surface area (Å²) >= 11 is 0. The van der Waals surface area contributed by atoms with E-state index in [1.807, 2.05) is 13.8 Å². The fourth-order valence-corrected chi connectivity index (χ4v) is 3.73. The van der Waals surface area contributed by atoms with Crippen LogP contribution in [-0.2, 0) is 23.9 Å². The number of esters is 2. The number of ketones is 1. The topological polar surface area (TPSA) is 69.7 Å². The van der Waals surface area contributed by atoms with Gasteiger partial charge in [-0.3, -0.25) is 14.4 Å². The first kappa shape index (κ1) is 16.7. The van der Waals surface area contributed by atoms with Crippen molar-refractivity contribution in [3.8, 4) is 0 Å². The van der Waals surface area contributed by atoms with Crippen molar-refractivity contribution < 1.29 is 23.9 Å².